The van der Waals surface area contributed by atoms with Crippen LogP contribution in [-0.2, 0) is 11.4 Å². The van der Waals surface area contributed by atoms with E-state index in [1.54, 1.807) is 24.3 Å². The number of hydrogen-bond acceptors (Lipinski definition) is 7. The van der Waals surface area contributed by atoms with E-state index < -0.39 is 5.97 Å². The van der Waals surface area contributed by atoms with Crippen molar-refractivity contribution < 1.29 is 19.4 Å². The number of carbonyl (C=O) groups is 2. The van der Waals surface area contributed by atoms with Gasteiger partial charge >= 0.3 is 5.97 Å². The van der Waals surface area contributed by atoms with Crippen molar-refractivity contribution in [3.8, 4) is 23.1 Å². The molecule has 3 aromatic rings. The first-order chi connectivity index (χ1) is 16.4. The number of aryl methyl sites for hydroxylation is 1. The first-order valence-electron chi connectivity index (χ1n) is 11.1. The zero-order valence-electron chi connectivity index (χ0n) is 19.0. The van der Waals surface area contributed by atoms with E-state index in [2.05, 4.69) is 11.0 Å². The molecule has 7 nitrogen and oxygen atoms in total. The predicted molar refractivity (Wildman–Crippen MR) is 130 cm³/mol. The Kier molecular flexibility index (Phi) is 6.94. The molecule has 4 rings (SSSR count). The summed E-state index contributed by atoms with van der Waals surface area (Å²) >= 11 is 1.50. The van der Waals surface area contributed by atoms with Gasteiger partial charge in [0.05, 0.1) is 23.2 Å². The molecule has 0 spiro atoms. The molecule has 2 unspecified atom stereocenters. The molecule has 2 heterocycles. The number of ether oxygens (including phenoxy) is 1. The van der Waals surface area contributed by atoms with Crippen molar-refractivity contribution in [2.45, 2.75) is 39.3 Å². The Labute approximate surface area is 202 Å². The Morgan fingerprint density at radius 2 is 2.18 bits per heavy atom. The highest BCUT2D eigenvalue weighted by atomic mass is 32.1. The smallest absolute Gasteiger partial charge is 0.306 e. The highest BCUT2D eigenvalue weighted by Crippen LogP contribution is 2.37. The minimum atomic E-state index is -0.738. The van der Waals surface area contributed by atoms with Crippen LogP contribution >= 0.6 is 11.3 Å². The molecule has 0 saturated carbocycles. The second-order valence-corrected chi connectivity index (χ2v) is 9.37. The maximum absolute atomic E-state index is 11.4. The van der Waals surface area contributed by atoms with Gasteiger partial charge in [-0.25, -0.2) is 4.98 Å². The molecule has 2 atom stereocenters. The molecule has 0 radical (unpaired) electrons. The van der Waals surface area contributed by atoms with Gasteiger partial charge in [0.25, 0.3) is 0 Å². The number of hydrogen-bond donors (Lipinski definition) is 1. The molecule has 1 aliphatic heterocycles. The lowest BCUT2D eigenvalue weighted by Crippen LogP contribution is -2.42. The largest absolute Gasteiger partial charge is 0.488 e. The Morgan fingerprint density at radius 1 is 1.35 bits per heavy atom. The van der Waals surface area contributed by atoms with Gasteiger partial charge in [0.15, 0.2) is 5.13 Å². The van der Waals surface area contributed by atoms with E-state index in [0.29, 0.717) is 48.6 Å². The molecule has 0 amide bonds. The van der Waals surface area contributed by atoms with Crippen LogP contribution < -0.4 is 9.64 Å². The van der Waals surface area contributed by atoms with Crippen LogP contribution in [0.4, 0.5) is 5.13 Å². The van der Waals surface area contributed by atoms with E-state index in [1.165, 1.54) is 11.3 Å². The normalized spacial score (nSPS) is 17.7. The number of nitriles is 1. The molecule has 1 N–H and O–H groups in total. The number of carboxylic acids is 1. The number of rotatable bonds is 7. The first kappa shape index (κ1) is 23.5. The van der Waals surface area contributed by atoms with Crippen LogP contribution in [0.5, 0.6) is 5.75 Å². The number of carboxylic acid groups (broad SMARTS) is 1. The average Bonchev–Trinajstić information content (AvgIpc) is 3.32. The molecule has 2 aromatic carbocycles. The minimum absolute atomic E-state index is 0.0762. The van der Waals surface area contributed by atoms with E-state index in [0.717, 1.165) is 28.1 Å². The molecule has 1 aliphatic rings. The first-order valence-corrected chi connectivity index (χ1v) is 11.9. The van der Waals surface area contributed by atoms with E-state index in [1.807, 2.05) is 31.4 Å². The van der Waals surface area contributed by atoms with Gasteiger partial charge in [-0.3, -0.25) is 9.59 Å². The second-order valence-electron chi connectivity index (χ2n) is 8.53. The minimum Gasteiger partial charge on any atom is -0.488 e. The van der Waals surface area contributed by atoms with Crippen LogP contribution in [0.2, 0.25) is 0 Å². The zero-order chi connectivity index (χ0) is 24.2. The Bertz CT molecular complexity index is 1260. The van der Waals surface area contributed by atoms with Crippen LogP contribution in [-0.4, -0.2) is 34.9 Å². The van der Waals surface area contributed by atoms with Crippen molar-refractivity contribution in [3.63, 3.8) is 0 Å². The van der Waals surface area contributed by atoms with Crippen molar-refractivity contribution in [2.75, 3.05) is 11.4 Å². The Balaban J connectivity index is 1.57. The Hall–Kier alpha value is -3.70. The molecule has 34 heavy (non-hydrogen) atoms. The van der Waals surface area contributed by atoms with Crippen molar-refractivity contribution in [1.29, 1.82) is 5.26 Å². The van der Waals surface area contributed by atoms with Gasteiger partial charge in [-0.05, 0) is 62.1 Å². The molecule has 0 aliphatic carbocycles. The van der Waals surface area contributed by atoms with Gasteiger partial charge in [0.2, 0.25) is 0 Å². The van der Waals surface area contributed by atoms with Crippen LogP contribution in [0, 0.1) is 24.2 Å². The standard InChI is InChI=1S/C26H25N3O4S/c1-16-9-19(13-30)3-5-21(16)14-33-24-6-4-18(12-27)11-22(24)23-15-34-26(28-23)29-8-7-20(25(31)32)10-17(29)2/h3-6,9,11,13,15,17,20H,7-8,10,14H2,1-2H3,(H,31,32). The molecule has 174 valence electrons. The van der Waals surface area contributed by atoms with Crippen molar-refractivity contribution in [3.05, 3.63) is 64.0 Å². The van der Waals surface area contributed by atoms with Crippen LogP contribution in [0.25, 0.3) is 11.3 Å². The molecular formula is C26H25N3O4S. The number of aromatic nitrogens is 1. The Morgan fingerprint density at radius 3 is 2.85 bits per heavy atom. The summed E-state index contributed by atoms with van der Waals surface area (Å²) in [6.07, 6.45) is 2.00. The molecule has 1 saturated heterocycles. The highest BCUT2D eigenvalue weighted by molar-refractivity contribution is 7.14. The number of thiazole rings is 1. The number of carbonyl (C=O) groups excluding carboxylic acids is 1. The fourth-order valence-corrected chi connectivity index (χ4v) is 5.19. The van der Waals surface area contributed by atoms with Crippen LogP contribution in [0.3, 0.4) is 0 Å². The summed E-state index contributed by atoms with van der Waals surface area (Å²) in [7, 11) is 0. The number of nitrogens with zero attached hydrogens (tertiary/aromatic N) is 3. The number of piperidine rings is 1. The van der Waals surface area contributed by atoms with Gasteiger partial charge in [-0.2, -0.15) is 5.26 Å². The molecule has 8 heteroatoms. The second kappa shape index (κ2) is 10.1. The quantitative estimate of drug-likeness (QED) is 0.476. The SMILES string of the molecule is Cc1cc(C=O)ccc1COc1ccc(C#N)cc1-c1csc(N2CCC(C(=O)O)CC2C)n1. The third-order valence-corrected chi connectivity index (χ3v) is 7.11. The van der Waals surface area contributed by atoms with E-state index in [4.69, 9.17) is 9.72 Å². The number of aliphatic carboxylic acids is 1. The lowest BCUT2D eigenvalue weighted by molar-refractivity contribution is -0.142. The lowest BCUT2D eigenvalue weighted by atomic mass is 9.92. The lowest BCUT2D eigenvalue weighted by Gasteiger charge is -2.36. The summed E-state index contributed by atoms with van der Waals surface area (Å²) in [4.78, 5) is 29.3. The summed E-state index contributed by atoms with van der Waals surface area (Å²) in [5.74, 6) is -0.438. The van der Waals surface area contributed by atoms with Gasteiger partial charge in [-0.15, -0.1) is 11.3 Å². The summed E-state index contributed by atoms with van der Waals surface area (Å²) in [6.45, 7) is 4.93. The van der Waals surface area contributed by atoms with Crippen molar-refractivity contribution >= 4 is 28.7 Å². The molecule has 1 aromatic heterocycles. The number of benzene rings is 2. The fourth-order valence-electron chi connectivity index (χ4n) is 4.24. The monoisotopic (exact) mass is 475 g/mol. The maximum atomic E-state index is 11.4. The summed E-state index contributed by atoms with van der Waals surface area (Å²) in [6, 6.07) is 13.0. The summed E-state index contributed by atoms with van der Waals surface area (Å²) < 4.78 is 6.14. The highest BCUT2D eigenvalue weighted by Gasteiger charge is 2.31. The van der Waals surface area contributed by atoms with Crippen LogP contribution in [0.1, 0.15) is 46.8 Å². The van der Waals surface area contributed by atoms with E-state index in [-0.39, 0.29) is 12.0 Å². The predicted octanol–water partition coefficient (Wildman–Crippen LogP) is 5.07. The van der Waals surface area contributed by atoms with Gasteiger partial charge in [-0.1, -0.05) is 12.1 Å². The van der Waals surface area contributed by atoms with Gasteiger partial charge in [0, 0.05) is 29.1 Å². The zero-order valence-corrected chi connectivity index (χ0v) is 19.8. The molecule has 0 bridgehead atoms. The third kappa shape index (κ3) is 4.95. The topological polar surface area (TPSA) is 104 Å². The summed E-state index contributed by atoms with van der Waals surface area (Å²) in [5.41, 5.74) is 4.52. The fraction of sp³-hybridized carbons (Fsp3) is 0.308. The van der Waals surface area contributed by atoms with E-state index >= 15 is 0 Å². The number of anilines is 1. The van der Waals surface area contributed by atoms with Gasteiger partial charge in [0.1, 0.15) is 18.6 Å². The van der Waals surface area contributed by atoms with Crippen molar-refractivity contribution in [2.24, 2.45) is 5.92 Å². The molecule has 1 fully saturated rings. The van der Waals surface area contributed by atoms with Crippen molar-refractivity contribution in [1.82, 2.24) is 4.98 Å². The van der Waals surface area contributed by atoms with Gasteiger partial charge < -0.3 is 14.7 Å². The summed E-state index contributed by atoms with van der Waals surface area (Å²) in [5, 5.41) is 21.5. The molecular weight excluding hydrogens is 450 g/mol. The number of aldehydes is 1. The third-order valence-electron chi connectivity index (χ3n) is 6.23. The van der Waals surface area contributed by atoms with Crippen LogP contribution in [0.15, 0.2) is 41.8 Å². The van der Waals surface area contributed by atoms with E-state index in [9.17, 15) is 20.0 Å². The maximum Gasteiger partial charge on any atom is 0.306 e. The average molecular weight is 476 g/mol.